The highest BCUT2D eigenvalue weighted by Crippen LogP contribution is 2.36. The van der Waals surface area contributed by atoms with E-state index in [0.29, 0.717) is 0 Å². The number of aliphatic carboxylic acids is 1. The summed E-state index contributed by atoms with van der Waals surface area (Å²) in [5.74, 6) is -1.08. The van der Waals surface area contributed by atoms with Gasteiger partial charge in [0.2, 0.25) is 10.0 Å². The van der Waals surface area contributed by atoms with Gasteiger partial charge >= 0.3 is 5.97 Å². The van der Waals surface area contributed by atoms with Crippen LogP contribution < -0.4 is 0 Å². The van der Waals surface area contributed by atoms with Crippen molar-refractivity contribution in [3.05, 3.63) is 32.8 Å². The molecule has 0 spiro atoms. The summed E-state index contributed by atoms with van der Waals surface area (Å²) in [5.41, 5.74) is -1.39. The number of nitro benzene ring substituents is 1. The van der Waals surface area contributed by atoms with E-state index in [1.54, 1.807) is 0 Å². The third kappa shape index (κ3) is 3.04. The fourth-order valence-corrected chi connectivity index (χ4v) is 4.32. The van der Waals surface area contributed by atoms with Crippen molar-refractivity contribution >= 4 is 33.3 Å². The number of sulfonamides is 1. The van der Waals surface area contributed by atoms with E-state index in [-0.39, 0.29) is 35.0 Å². The van der Waals surface area contributed by atoms with Crippen molar-refractivity contribution in [3.8, 4) is 0 Å². The number of nitrogens with zero attached hydrogens (tertiary/aromatic N) is 2. The average molecular weight is 363 g/mol. The van der Waals surface area contributed by atoms with Crippen LogP contribution in [0.3, 0.4) is 0 Å². The largest absolute Gasteiger partial charge is 0.481 e. The lowest BCUT2D eigenvalue weighted by Gasteiger charge is -2.20. The summed E-state index contributed by atoms with van der Waals surface area (Å²) in [6, 6.07) is 2.10. The van der Waals surface area contributed by atoms with Gasteiger partial charge in [-0.25, -0.2) is 8.42 Å². The number of carboxylic acids is 1. The lowest BCUT2D eigenvalue weighted by molar-refractivity contribution is -0.385. The topological polar surface area (TPSA) is 118 Å². The highest BCUT2D eigenvalue weighted by molar-refractivity contribution is 7.89. The lowest BCUT2D eigenvalue weighted by atomic mass is 9.90. The summed E-state index contributed by atoms with van der Waals surface area (Å²) in [4.78, 5) is 21.3. The van der Waals surface area contributed by atoms with Crippen molar-refractivity contribution in [2.24, 2.45) is 5.41 Å². The van der Waals surface area contributed by atoms with Crippen molar-refractivity contribution in [2.45, 2.75) is 25.2 Å². The van der Waals surface area contributed by atoms with Crippen LogP contribution in [0.2, 0.25) is 5.02 Å². The minimum atomic E-state index is -4.06. The van der Waals surface area contributed by atoms with Gasteiger partial charge in [0.05, 0.1) is 20.3 Å². The Balaban J connectivity index is 2.46. The third-order valence-electron chi connectivity index (χ3n) is 4.08. The van der Waals surface area contributed by atoms with Gasteiger partial charge in [0.15, 0.2) is 0 Å². The van der Waals surface area contributed by atoms with Crippen molar-refractivity contribution in [1.82, 2.24) is 4.31 Å². The molecule has 0 radical (unpaired) electrons. The van der Waals surface area contributed by atoms with Gasteiger partial charge in [-0.15, -0.1) is 0 Å². The molecular weight excluding hydrogens is 348 g/mol. The Labute approximate surface area is 137 Å². The molecule has 1 N–H and O–H groups in total. The molecule has 1 heterocycles. The number of rotatable bonds is 4. The molecule has 0 amide bonds. The summed E-state index contributed by atoms with van der Waals surface area (Å²) in [6.07, 6.45) is 0.170. The first-order valence-electron chi connectivity index (χ1n) is 6.67. The summed E-state index contributed by atoms with van der Waals surface area (Å²) in [7, 11) is -4.06. The number of nitro groups is 1. The Hall–Kier alpha value is -1.71. The van der Waals surface area contributed by atoms with Gasteiger partial charge < -0.3 is 5.11 Å². The zero-order valence-corrected chi connectivity index (χ0v) is 14.0. The lowest BCUT2D eigenvalue weighted by Crippen LogP contribution is -2.34. The summed E-state index contributed by atoms with van der Waals surface area (Å²) in [5, 5.41) is 20.2. The van der Waals surface area contributed by atoms with E-state index >= 15 is 0 Å². The smallest absolute Gasteiger partial charge is 0.310 e. The molecule has 1 unspecified atom stereocenters. The highest BCUT2D eigenvalue weighted by atomic mass is 35.5. The number of carbonyl (C=O) groups is 1. The minimum absolute atomic E-state index is 0.0297. The Kier molecular flexibility index (Phi) is 4.40. The number of hydrogen-bond acceptors (Lipinski definition) is 5. The maximum absolute atomic E-state index is 12.6. The van der Waals surface area contributed by atoms with Gasteiger partial charge in [0.1, 0.15) is 0 Å². The first kappa shape index (κ1) is 17.6. The van der Waals surface area contributed by atoms with E-state index < -0.39 is 32.0 Å². The van der Waals surface area contributed by atoms with E-state index in [1.807, 2.05) is 0 Å². The maximum Gasteiger partial charge on any atom is 0.310 e. The monoisotopic (exact) mass is 362 g/mol. The normalized spacial score (nSPS) is 22.2. The zero-order valence-electron chi connectivity index (χ0n) is 12.4. The number of carboxylic acid groups (broad SMARTS) is 1. The summed E-state index contributed by atoms with van der Waals surface area (Å²) < 4.78 is 26.3. The molecule has 0 aliphatic carbocycles. The standard InChI is InChI=1S/C13H15ClN2O6S/c1-8-10(14)5-9(6-11(8)16(19)20)23(21,22)15-4-3-13(2,7-15)12(17)18/h5-6H,3-4,7H2,1-2H3,(H,17,18). The van der Waals surface area contributed by atoms with E-state index in [2.05, 4.69) is 0 Å². The zero-order chi connectivity index (χ0) is 17.6. The van der Waals surface area contributed by atoms with Crippen LogP contribution in [0.25, 0.3) is 0 Å². The van der Waals surface area contributed by atoms with Crippen LogP contribution in [0, 0.1) is 22.5 Å². The van der Waals surface area contributed by atoms with E-state index in [0.717, 1.165) is 16.4 Å². The second kappa shape index (κ2) is 5.73. The molecule has 10 heteroatoms. The van der Waals surface area contributed by atoms with Gasteiger partial charge in [-0.3, -0.25) is 14.9 Å². The molecule has 1 saturated heterocycles. The van der Waals surface area contributed by atoms with Crippen molar-refractivity contribution in [1.29, 1.82) is 0 Å². The van der Waals surface area contributed by atoms with Crippen LogP contribution in [-0.2, 0) is 14.8 Å². The third-order valence-corrected chi connectivity index (χ3v) is 6.30. The van der Waals surface area contributed by atoms with Crippen LogP contribution >= 0.6 is 11.6 Å². The molecule has 1 atom stereocenters. The quantitative estimate of drug-likeness (QED) is 0.646. The Morgan fingerprint density at radius 2 is 2.09 bits per heavy atom. The Morgan fingerprint density at radius 3 is 2.57 bits per heavy atom. The van der Waals surface area contributed by atoms with E-state index in [4.69, 9.17) is 11.6 Å². The second-order valence-electron chi connectivity index (χ2n) is 5.76. The van der Waals surface area contributed by atoms with Crippen LogP contribution in [0.4, 0.5) is 5.69 Å². The molecule has 0 bridgehead atoms. The molecule has 2 rings (SSSR count). The summed E-state index contributed by atoms with van der Waals surface area (Å²) >= 11 is 5.90. The Bertz CT molecular complexity index is 794. The highest BCUT2D eigenvalue weighted by Gasteiger charge is 2.45. The number of benzene rings is 1. The van der Waals surface area contributed by atoms with Gasteiger partial charge in [0.25, 0.3) is 5.69 Å². The SMILES string of the molecule is Cc1c(Cl)cc(S(=O)(=O)N2CCC(C)(C(=O)O)C2)cc1[N+](=O)[O-]. The van der Waals surface area contributed by atoms with Gasteiger partial charge in [-0.1, -0.05) is 11.6 Å². The number of halogens is 1. The van der Waals surface area contributed by atoms with E-state index in [9.17, 15) is 28.4 Å². The van der Waals surface area contributed by atoms with Crippen LogP contribution in [0.15, 0.2) is 17.0 Å². The maximum atomic E-state index is 12.6. The first-order valence-corrected chi connectivity index (χ1v) is 8.49. The first-order chi connectivity index (χ1) is 10.5. The molecular formula is C13H15ClN2O6S. The predicted molar refractivity (Wildman–Crippen MR) is 82.0 cm³/mol. The van der Waals surface area contributed by atoms with Crippen LogP contribution in [0.1, 0.15) is 18.9 Å². The number of hydrogen-bond donors (Lipinski definition) is 1. The predicted octanol–water partition coefficient (Wildman–Crippen LogP) is 2.04. The average Bonchev–Trinajstić information content (AvgIpc) is 2.86. The van der Waals surface area contributed by atoms with Crippen LogP contribution in [-0.4, -0.2) is 41.8 Å². The second-order valence-corrected chi connectivity index (χ2v) is 8.11. The molecule has 0 aromatic heterocycles. The minimum Gasteiger partial charge on any atom is -0.481 e. The fourth-order valence-electron chi connectivity index (χ4n) is 2.43. The molecule has 126 valence electrons. The molecule has 1 aliphatic heterocycles. The van der Waals surface area contributed by atoms with Gasteiger partial charge in [0, 0.05) is 24.7 Å². The molecule has 1 aliphatic rings. The molecule has 8 nitrogen and oxygen atoms in total. The Morgan fingerprint density at radius 1 is 1.48 bits per heavy atom. The van der Waals surface area contributed by atoms with E-state index in [1.165, 1.54) is 13.8 Å². The fraction of sp³-hybridized carbons (Fsp3) is 0.462. The van der Waals surface area contributed by atoms with Crippen molar-refractivity contribution < 1.29 is 23.2 Å². The van der Waals surface area contributed by atoms with Gasteiger partial charge in [-0.05, 0) is 26.3 Å². The van der Waals surface area contributed by atoms with Crippen molar-refractivity contribution in [2.75, 3.05) is 13.1 Å². The summed E-state index contributed by atoms with van der Waals surface area (Å²) in [6.45, 7) is 2.73. The molecule has 1 aromatic carbocycles. The van der Waals surface area contributed by atoms with Crippen LogP contribution in [0.5, 0.6) is 0 Å². The molecule has 1 aromatic rings. The molecule has 1 fully saturated rings. The van der Waals surface area contributed by atoms with Gasteiger partial charge in [-0.2, -0.15) is 4.31 Å². The molecule has 23 heavy (non-hydrogen) atoms. The molecule has 0 saturated carbocycles. The van der Waals surface area contributed by atoms with Crippen molar-refractivity contribution in [3.63, 3.8) is 0 Å².